The van der Waals surface area contributed by atoms with Crippen LogP contribution in [-0.4, -0.2) is 104 Å². The zero-order valence-corrected chi connectivity index (χ0v) is 24.2. The molecule has 2 N–H and O–H groups in total. The number of methoxy groups -OCH3 is 1. The number of ether oxygens (including phenoxy) is 6. The maximum atomic E-state index is 13.2. The maximum absolute atomic E-state index is 13.2. The summed E-state index contributed by atoms with van der Waals surface area (Å²) in [7, 11) is -2.22. The molecule has 0 spiro atoms. The molecule has 1 aliphatic rings. The molecule has 1 amide bonds. The lowest BCUT2D eigenvalue weighted by Gasteiger charge is -2.49. The van der Waals surface area contributed by atoms with E-state index in [0.29, 0.717) is 0 Å². The van der Waals surface area contributed by atoms with Crippen LogP contribution in [0.1, 0.15) is 47.5 Å². The molecule has 1 fully saturated rings. The highest BCUT2D eigenvalue weighted by Gasteiger charge is 2.58. The van der Waals surface area contributed by atoms with E-state index in [0.717, 1.165) is 48.8 Å². The standard InChI is InChI=1S/C23H36NO15P/c1-12(25)24-19-17(36-14(3)27)10-23(22(30)33-6,8-9-40(31,32)34-7)39-21(19)20(38-16(5)29)18(37-15(4)28)11-35-13(2)26/h17-21H,8-11H2,1-7H3,(H,24,25)(H,31,32)/t17-,18+,19+,20+,21+,23-/m0/s1. The van der Waals surface area contributed by atoms with E-state index in [1.807, 2.05) is 0 Å². The average molecular weight is 598 g/mol. The van der Waals surface area contributed by atoms with Gasteiger partial charge in [-0.1, -0.05) is 0 Å². The predicted molar refractivity (Wildman–Crippen MR) is 131 cm³/mol. The summed E-state index contributed by atoms with van der Waals surface area (Å²) in [6, 6.07) is -1.33. The number of nitrogens with one attached hydrogen (secondary N) is 1. The Bertz CT molecular complexity index is 1020. The first kappa shape index (κ1) is 35.0. The summed E-state index contributed by atoms with van der Waals surface area (Å²) in [6.07, 6.45) is -7.82. The molecule has 1 heterocycles. The van der Waals surface area contributed by atoms with E-state index in [-0.39, 0.29) is 0 Å². The van der Waals surface area contributed by atoms with Gasteiger partial charge in [0.2, 0.25) is 5.91 Å². The second-order valence-electron chi connectivity index (χ2n) is 8.96. The summed E-state index contributed by atoms with van der Waals surface area (Å²) in [4.78, 5) is 83.1. The number of carbonyl (C=O) groups excluding carboxylic acids is 6. The van der Waals surface area contributed by atoms with Crippen molar-refractivity contribution in [3.05, 3.63) is 0 Å². The highest BCUT2D eigenvalue weighted by Crippen LogP contribution is 2.46. The lowest BCUT2D eigenvalue weighted by Crippen LogP contribution is -2.68. The Hall–Kier alpha value is -3.07. The molecule has 0 aliphatic carbocycles. The van der Waals surface area contributed by atoms with Crippen LogP contribution < -0.4 is 5.32 Å². The number of amides is 1. The molecule has 1 rings (SSSR count). The van der Waals surface area contributed by atoms with Gasteiger partial charge in [0.05, 0.1) is 19.3 Å². The molecule has 0 bridgehead atoms. The zero-order valence-electron chi connectivity index (χ0n) is 23.3. The monoisotopic (exact) mass is 597 g/mol. The van der Waals surface area contributed by atoms with Crippen LogP contribution in [0.25, 0.3) is 0 Å². The minimum absolute atomic E-state index is 0.473. The fourth-order valence-corrected chi connectivity index (χ4v) is 5.03. The highest BCUT2D eigenvalue weighted by atomic mass is 31.2. The van der Waals surface area contributed by atoms with Crippen molar-refractivity contribution in [1.82, 2.24) is 5.32 Å². The quantitative estimate of drug-likeness (QED) is 0.159. The van der Waals surface area contributed by atoms with E-state index < -0.39 is 105 Å². The van der Waals surface area contributed by atoms with Crippen LogP contribution in [0.15, 0.2) is 0 Å². The van der Waals surface area contributed by atoms with E-state index >= 15 is 0 Å². The fraction of sp³-hybridized carbons (Fsp3) is 0.739. The molecule has 0 aromatic heterocycles. The molecule has 16 nitrogen and oxygen atoms in total. The largest absolute Gasteiger partial charge is 0.467 e. The molecule has 0 aromatic carbocycles. The van der Waals surface area contributed by atoms with Crippen LogP contribution in [0.2, 0.25) is 0 Å². The van der Waals surface area contributed by atoms with Crippen molar-refractivity contribution in [3.8, 4) is 0 Å². The van der Waals surface area contributed by atoms with Crippen LogP contribution in [0.3, 0.4) is 0 Å². The van der Waals surface area contributed by atoms with E-state index in [4.69, 9.17) is 28.4 Å². The number of carbonyl (C=O) groups is 6. The third-order valence-corrected chi connectivity index (χ3v) is 7.10. The highest BCUT2D eigenvalue weighted by molar-refractivity contribution is 7.52. The lowest BCUT2D eigenvalue weighted by atomic mass is 9.81. The van der Waals surface area contributed by atoms with Gasteiger partial charge in [-0.05, 0) is 6.42 Å². The molecule has 0 saturated carbocycles. The van der Waals surface area contributed by atoms with Gasteiger partial charge in [-0.3, -0.25) is 28.5 Å². The molecular weight excluding hydrogens is 561 g/mol. The van der Waals surface area contributed by atoms with Gasteiger partial charge < -0.3 is 43.2 Å². The Morgan fingerprint density at radius 3 is 2.02 bits per heavy atom. The van der Waals surface area contributed by atoms with Crippen molar-refractivity contribution in [2.24, 2.45) is 0 Å². The molecule has 1 aliphatic heterocycles. The summed E-state index contributed by atoms with van der Waals surface area (Å²) in [5, 5.41) is 2.53. The van der Waals surface area contributed by atoms with Gasteiger partial charge >= 0.3 is 37.4 Å². The van der Waals surface area contributed by atoms with Gasteiger partial charge in [0, 0.05) is 48.1 Å². The SMILES string of the molecule is COC(=O)[C@]1(CCP(=O)(O)OC)C[C@H](OC(C)=O)[C@@H](NC(C)=O)[C@H]([C@H](OC(C)=O)[C@@H](COC(C)=O)OC(C)=O)O1. The first-order valence-electron chi connectivity index (χ1n) is 12.0. The normalized spacial score (nSPS) is 25.2. The van der Waals surface area contributed by atoms with Crippen LogP contribution in [0.4, 0.5) is 0 Å². The van der Waals surface area contributed by atoms with E-state index in [9.17, 15) is 38.2 Å². The number of esters is 5. The first-order chi connectivity index (χ1) is 18.5. The first-order valence-corrected chi connectivity index (χ1v) is 13.8. The Labute approximate surface area is 230 Å². The fourth-order valence-electron chi connectivity index (χ4n) is 4.20. The predicted octanol–water partition coefficient (Wildman–Crippen LogP) is -0.228. The molecule has 1 saturated heterocycles. The minimum atomic E-state index is -4.22. The van der Waals surface area contributed by atoms with E-state index in [2.05, 4.69) is 9.84 Å². The Morgan fingerprint density at radius 2 is 1.57 bits per heavy atom. The van der Waals surface area contributed by atoms with Crippen LogP contribution in [0.5, 0.6) is 0 Å². The third kappa shape index (κ3) is 10.5. The molecule has 0 aromatic rings. The van der Waals surface area contributed by atoms with Crippen molar-refractivity contribution >= 4 is 43.3 Å². The lowest BCUT2D eigenvalue weighted by molar-refractivity contribution is -0.242. The summed E-state index contributed by atoms with van der Waals surface area (Å²) in [6.45, 7) is 4.67. The van der Waals surface area contributed by atoms with Gasteiger partial charge in [-0.25, -0.2) is 4.79 Å². The molecular formula is C23H36NO15P. The van der Waals surface area contributed by atoms with Crippen LogP contribution >= 0.6 is 7.60 Å². The summed E-state index contributed by atoms with van der Waals surface area (Å²) in [5.41, 5.74) is -2.12. The van der Waals surface area contributed by atoms with E-state index in [1.54, 1.807) is 0 Å². The second-order valence-corrected chi connectivity index (χ2v) is 11.1. The van der Waals surface area contributed by atoms with Gasteiger partial charge in [0.1, 0.15) is 18.8 Å². The van der Waals surface area contributed by atoms with Gasteiger partial charge in [-0.2, -0.15) is 0 Å². The number of rotatable bonds is 13. The Morgan fingerprint density at radius 1 is 0.975 bits per heavy atom. The molecule has 228 valence electrons. The van der Waals surface area contributed by atoms with E-state index in [1.165, 1.54) is 0 Å². The van der Waals surface area contributed by atoms with Crippen LogP contribution in [0, 0.1) is 0 Å². The van der Waals surface area contributed by atoms with Gasteiger partial charge in [-0.15, -0.1) is 0 Å². The van der Waals surface area contributed by atoms with Crippen molar-refractivity contribution in [2.75, 3.05) is 27.0 Å². The smallest absolute Gasteiger partial charge is 0.338 e. The number of hydrogen-bond acceptors (Lipinski definition) is 14. The molecule has 7 atom stereocenters. The number of hydrogen-bond donors (Lipinski definition) is 2. The zero-order chi connectivity index (χ0) is 30.8. The summed E-state index contributed by atoms with van der Waals surface area (Å²) >= 11 is 0. The maximum Gasteiger partial charge on any atom is 0.338 e. The van der Waals surface area contributed by atoms with Crippen LogP contribution in [-0.2, 0) is 66.3 Å². The Balaban J connectivity index is 3.87. The molecule has 40 heavy (non-hydrogen) atoms. The Kier molecular flexibility index (Phi) is 13.2. The van der Waals surface area contributed by atoms with Crippen molar-refractivity contribution in [2.45, 2.75) is 83.5 Å². The second kappa shape index (κ2) is 15.1. The van der Waals surface area contributed by atoms with Gasteiger partial charge in [0.25, 0.3) is 0 Å². The molecule has 1 unspecified atom stereocenters. The average Bonchev–Trinajstić information content (AvgIpc) is 2.83. The summed E-state index contributed by atoms with van der Waals surface area (Å²) < 4.78 is 49.0. The third-order valence-electron chi connectivity index (χ3n) is 5.74. The summed E-state index contributed by atoms with van der Waals surface area (Å²) in [5.74, 6) is -5.11. The van der Waals surface area contributed by atoms with Crippen molar-refractivity contribution < 1.29 is 71.2 Å². The molecule has 0 radical (unpaired) electrons. The molecule has 17 heteroatoms. The van der Waals surface area contributed by atoms with Crippen molar-refractivity contribution in [3.63, 3.8) is 0 Å². The minimum Gasteiger partial charge on any atom is -0.467 e. The topological polar surface area (TPSA) is 216 Å². The van der Waals surface area contributed by atoms with Gasteiger partial charge in [0.15, 0.2) is 17.8 Å². The van der Waals surface area contributed by atoms with Crippen molar-refractivity contribution in [1.29, 1.82) is 0 Å².